The van der Waals surface area contributed by atoms with Crippen molar-refractivity contribution in [2.24, 2.45) is 11.3 Å². The van der Waals surface area contributed by atoms with Crippen molar-refractivity contribution >= 4 is 11.9 Å². The number of carboxylic acid groups (broad SMARTS) is 1. The summed E-state index contributed by atoms with van der Waals surface area (Å²) in [4.78, 5) is 22.3. The number of amides is 1. The number of hydrogen-bond acceptors (Lipinski definition) is 2. The monoisotopic (exact) mass is 227 g/mol. The Bertz CT molecular complexity index is 307. The van der Waals surface area contributed by atoms with Gasteiger partial charge in [-0.25, -0.2) is 0 Å². The largest absolute Gasteiger partial charge is 0.481 e. The maximum absolute atomic E-state index is 11.8. The number of rotatable bonds is 5. The molecule has 0 radical (unpaired) electrons. The topological polar surface area (TPSA) is 66.4 Å². The Hall–Kier alpha value is -1.06. The lowest BCUT2D eigenvalue weighted by atomic mass is 9.97. The zero-order chi connectivity index (χ0) is 12.6. The van der Waals surface area contributed by atoms with Crippen molar-refractivity contribution in [3.63, 3.8) is 0 Å². The van der Waals surface area contributed by atoms with Gasteiger partial charge in [-0.15, -0.1) is 0 Å². The smallest absolute Gasteiger partial charge is 0.303 e. The van der Waals surface area contributed by atoms with Crippen molar-refractivity contribution in [3.8, 4) is 0 Å². The molecule has 1 atom stereocenters. The second kappa shape index (κ2) is 4.07. The van der Waals surface area contributed by atoms with Gasteiger partial charge in [-0.2, -0.15) is 0 Å². The molecule has 1 saturated carbocycles. The fraction of sp³-hybridized carbons (Fsp3) is 0.833. The molecule has 16 heavy (non-hydrogen) atoms. The summed E-state index contributed by atoms with van der Waals surface area (Å²) in [7, 11) is 0. The molecule has 0 aromatic carbocycles. The molecule has 0 bridgehead atoms. The van der Waals surface area contributed by atoms with E-state index in [1.807, 2.05) is 13.8 Å². The predicted octanol–water partition coefficient (Wildman–Crippen LogP) is 1.79. The lowest BCUT2D eigenvalue weighted by Gasteiger charge is -2.26. The third kappa shape index (κ3) is 3.51. The number of carbonyl (C=O) groups excluding carboxylic acids is 1. The number of aliphatic carboxylic acids is 1. The SMILES string of the molecule is CC(C)(CCC(=O)O)NC(=O)[C@H]1CC1(C)C. The van der Waals surface area contributed by atoms with E-state index in [0.717, 1.165) is 6.42 Å². The Labute approximate surface area is 96.4 Å². The number of carbonyl (C=O) groups is 2. The minimum atomic E-state index is -0.825. The molecule has 0 heterocycles. The molecule has 1 aliphatic carbocycles. The molecule has 1 fully saturated rings. The third-order valence-corrected chi connectivity index (χ3v) is 3.26. The van der Waals surface area contributed by atoms with Crippen molar-refractivity contribution in [1.29, 1.82) is 0 Å². The van der Waals surface area contributed by atoms with E-state index in [0.29, 0.717) is 6.42 Å². The normalized spacial score (nSPS) is 22.6. The van der Waals surface area contributed by atoms with Gasteiger partial charge in [0, 0.05) is 17.9 Å². The van der Waals surface area contributed by atoms with Gasteiger partial charge in [-0.05, 0) is 32.1 Å². The van der Waals surface area contributed by atoms with Crippen LogP contribution in [0.4, 0.5) is 0 Å². The molecule has 0 aliphatic heterocycles. The van der Waals surface area contributed by atoms with Crippen LogP contribution in [0.1, 0.15) is 47.0 Å². The van der Waals surface area contributed by atoms with Gasteiger partial charge in [0.1, 0.15) is 0 Å². The lowest BCUT2D eigenvalue weighted by Crippen LogP contribution is -2.44. The van der Waals surface area contributed by atoms with Crippen molar-refractivity contribution in [1.82, 2.24) is 5.32 Å². The van der Waals surface area contributed by atoms with Crippen LogP contribution in [0.3, 0.4) is 0 Å². The van der Waals surface area contributed by atoms with Gasteiger partial charge in [-0.1, -0.05) is 13.8 Å². The van der Waals surface area contributed by atoms with Gasteiger partial charge < -0.3 is 10.4 Å². The molecule has 4 nitrogen and oxygen atoms in total. The molecule has 4 heteroatoms. The second-order valence-electron chi connectivity index (χ2n) is 6.01. The van der Waals surface area contributed by atoms with Crippen LogP contribution in [0.15, 0.2) is 0 Å². The average Bonchev–Trinajstić information content (AvgIpc) is 2.71. The molecular weight excluding hydrogens is 206 g/mol. The minimum absolute atomic E-state index is 0.0559. The predicted molar refractivity (Wildman–Crippen MR) is 61.0 cm³/mol. The van der Waals surface area contributed by atoms with E-state index in [-0.39, 0.29) is 23.7 Å². The Morgan fingerprint density at radius 2 is 1.94 bits per heavy atom. The minimum Gasteiger partial charge on any atom is -0.481 e. The van der Waals surface area contributed by atoms with Crippen LogP contribution >= 0.6 is 0 Å². The van der Waals surface area contributed by atoms with Crippen LogP contribution in [0.5, 0.6) is 0 Å². The van der Waals surface area contributed by atoms with Crippen LogP contribution in [-0.4, -0.2) is 22.5 Å². The van der Waals surface area contributed by atoms with Crippen LogP contribution in [0, 0.1) is 11.3 Å². The first-order chi connectivity index (χ1) is 7.14. The Morgan fingerprint density at radius 1 is 1.44 bits per heavy atom. The second-order valence-corrected chi connectivity index (χ2v) is 6.01. The molecule has 1 aliphatic rings. The van der Waals surface area contributed by atoms with Crippen molar-refractivity contribution in [2.75, 3.05) is 0 Å². The molecular formula is C12H21NO3. The number of carboxylic acids is 1. The zero-order valence-corrected chi connectivity index (χ0v) is 10.5. The van der Waals surface area contributed by atoms with Gasteiger partial charge in [0.2, 0.25) is 5.91 Å². The summed E-state index contributed by atoms with van der Waals surface area (Å²) in [6.45, 7) is 7.87. The molecule has 1 amide bonds. The molecule has 1 rings (SSSR count). The summed E-state index contributed by atoms with van der Waals surface area (Å²) in [5.41, 5.74) is -0.318. The summed E-state index contributed by atoms with van der Waals surface area (Å²) in [6, 6.07) is 0. The third-order valence-electron chi connectivity index (χ3n) is 3.26. The van der Waals surface area contributed by atoms with E-state index in [1.54, 1.807) is 0 Å². The van der Waals surface area contributed by atoms with Gasteiger partial charge in [0.25, 0.3) is 0 Å². The fourth-order valence-corrected chi connectivity index (χ4v) is 1.82. The quantitative estimate of drug-likeness (QED) is 0.752. The van der Waals surface area contributed by atoms with Crippen LogP contribution < -0.4 is 5.32 Å². The van der Waals surface area contributed by atoms with Gasteiger partial charge in [0.15, 0.2) is 0 Å². The molecule has 0 aromatic heterocycles. The molecule has 2 N–H and O–H groups in total. The summed E-state index contributed by atoms with van der Waals surface area (Å²) in [6.07, 6.45) is 1.47. The van der Waals surface area contributed by atoms with Crippen molar-refractivity contribution in [2.45, 2.75) is 52.5 Å². The summed E-state index contributed by atoms with van der Waals surface area (Å²) >= 11 is 0. The first kappa shape index (κ1) is 13.0. The van der Waals surface area contributed by atoms with E-state index < -0.39 is 11.5 Å². The number of hydrogen-bond donors (Lipinski definition) is 2. The highest BCUT2D eigenvalue weighted by molar-refractivity contribution is 5.83. The highest BCUT2D eigenvalue weighted by Gasteiger charge is 2.51. The first-order valence-electron chi connectivity index (χ1n) is 5.68. The van der Waals surface area contributed by atoms with Crippen molar-refractivity contribution < 1.29 is 14.7 Å². The molecule has 92 valence electrons. The fourth-order valence-electron chi connectivity index (χ4n) is 1.82. The van der Waals surface area contributed by atoms with Gasteiger partial charge >= 0.3 is 5.97 Å². The Balaban J connectivity index is 2.40. The van der Waals surface area contributed by atoms with E-state index in [9.17, 15) is 9.59 Å². The summed E-state index contributed by atoms with van der Waals surface area (Å²) in [5, 5.41) is 11.5. The molecule has 0 saturated heterocycles. The lowest BCUT2D eigenvalue weighted by molar-refractivity contribution is -0.138. The van der Waals surface area contributed by atoms with E-state index in [4.69, 9.17) is 5.11 Å². The molecule has 0 aromatic rings. The first-order valence-corrected chi connectivity index (χ1v) is 5.68. The Morgan fingerprint density at radius 3 is 2.31 bits per heavy atom. The van der Waals surface area contributed by atoms with Crippen LogP contribution in [0.2, 0.25) is 0 Å². The van der Waals surface area contributed by atoms with E-state index >= 15 is 0 Å². The van der Waals surface area contributed by atoms with E-state index in [2.05, 4.69) is 19.2 Å². The highest BCUT2D eigenvalue weighted by atomic mass is 16.4. The van der Waals surface area contributed by atoms with E-state index in [1.165, 1.54) is 0 Å². The average molecular weight is 227 g/mol. The maximum atomic E-state index is 11.8. The van der Waals surface area contributed by atoms with Gasteiger partial charge in [0.05, 0.1) is 0 Å². The van der Waals surface area contributed by atoms with Crippen LogP contribution in [0.25, 0.3) is 0 Å². The summed E-state index contributed by atoms with van der Waals surface area (Å²) < 4.78 is 0. The zero-order valence-electron chi connectivity index (χ0n) is 10.5. The summed E-state index contributed by atoms with van der Waals surface area (Å²) in [5.74, 6) is -0.675. The standard InChI is InChI=1S/C12H21NO3/c1-11(2)7-8(11)10(16)13-12(3,4)6-5-9(14)15/h8H,5-7H2,1-4H3,(H,13,16)(H,14,15)/t8-/m1/s1. The van der Waals surface area contributed by atoms with Crippen molar-refractivity contribution in [3.05, 3.63) is 0 Å². The highest BCUT2D eigenvalue weighted by Crippen LogP contribution is 2.51. The van der Waals surface area contributed by atoms with Gasteiger partial charge in [-0.3, -0.25) is 9.59 Å². The number of nitrogens with one attached hydrogen (secondary N) is 1. The molecule has 0 spiro atoms. The molecule has 0 unspecified atom stereocenters. The maximum Gasteiger partial charge on any atom is 0.303 e. The van der Waals surface area contributed by atoms with Crippen LogP contribution in [-0.2, 0) is 9.59 Å². The Kier molecular flexibility index (Phi) is 3.31.